The molecule has 0 radical (unpaired) electrons. The molecular weight excluding hydrogens is 356 g/mol. The second-order valence-electron chi connectivity index (χ2n) is 6.09. The summed E-state index contributed by atoms with van der Waals surface area (Å²) in [4.78, 5) is 13.5. The Kier molecular flexibility index (Phi) is 3.72. The van der Waals surface area contributed by atoms with Crippen LogP contribution in [0.25, 0.3) is 43.6 Å². The summed E-state index contributed by atoms with van der Waals surface area (Å²) in [6, 6.07) is 13.8. The molecular formula is C20H14N6S. The standard InChI is InChI=1S/C20H14N6S/c1-26-10-7-13-11-16(15-6-2-3-9-22-15)23-17(18(13)26)20-25-24-19(27-20)14-5-4-8-21-12-14/h2-12H,1H3. The summed E-state index contributed by atoms with van der Waals surface area (Å²) in [6.45, 7) is 0. The van der Waals surface area contributed by atoms with Crippen molar-refractivity contribution in [2.45, 2.75) is 0 Å². The lowest BCUT2D eigenvalue weighted by Gasteiger charge is -2.06. The minimum Gasteiger partial charge on any atom is -0.349 e. The van der Waals surface area contributed by atoms with Gasteiger partial charge in [-0.2, -0.15) is 0 Å². The molecule has 0 aliphatic heterocycles. The molecule has 0 amide bonds. The van der Waals surface area contributed by atoms with E-state index in [1.165, 1.54) is 11.3 Å². The van der Waals surface area contributed by atoms with E-state index in [9.17, 15) is 0 Å². The summed E-state index contributed by atoms with van der Waals surface area (Å²) >= 11 is 1.51. The molecule has 5 aromatic heterocycles. The monoisotopic (exact) mass is 370 g/mol. The van der Waals surface area contributed by atoms with Crippen molar-refractivity contribution in [2.24, 2.45) is 7.05 Å². The molecule has 0 saturated carbocycles. The van der Waals surface area contributed by atoms with E-state index in [2.05, 4.69) is 36.9 Å². The van der Waals surface area contributed by atoms with Gasteiger partial charge in [-0.3, -0.25) is 9.97 Å². The fourth-order valence-corrected chi connectivity index (χ4v) is 3.87. The highest BCUT2D eigenvalue weighted by atomic mass is 32.1. The zero-order valence-electron chi connectivity index (χ0n) is 14.4. The number of pyridine rings is 3. The van der Waals surface area contributed by atoms with Crippen LogP contribution in [0.3, 0.4) is 0 Å². The van der Waals surface area contributed by atoms with E-state index < -0.39 is 0 Å². The molecule has 0 bridgehead atoms. The van der Waals surface area contributed by atoms with Crippen LogP contribution in [0.1, 0.15) is 0 Å². The van der Waals surface area contributed by atoms with E-state index in [0.29, 0.717) is 0 Å². The second kappa shape index (κ2) is 6.37. The van der Waals surface area contributed by atoms with Gasteiger partial charge in [0.25, 0.3) is 0 Å². The topological polar surface area (TPSA) is 69.4 Å². The predicted octanol–water partition coefficient (Wildman–Crippen LogP) is 4.22. The number of hydrogen-bond donors (Lipinski definition) is 0. The average molecular weight is 370 g/mol. The SMILES string of the molecule is Cn1ccc2cc(-c3ccccn3)nc(-c3nnc(-c4cccnc4)s3)c21. The summed E-state index contributed by atoms with van der Waals surface area (Å²) in [5.74, 6) is 0. The van der Waals surface area contributed by atoms with Crippen LogP contribution in [0.2, 0.25) is 0 Å². The molecule has 0 fully saturated rings. The van der Waals surface area contributed by atoms with E-state index in [1.807, 2.05) is 43.6 Å². The largest absolute Gasteiger partial charge is 0.349 e. The van der Waals surface area contributed by atoms with Crippen LogP contribution in [0.5, 0.6) is 0 Å². The van der Waals surface area contributed by atoms with Crippen LogP contribution < -0.4 is 0 Å². The normalized spacial score (nSPS) is 11.1. The van der Waals surface area contributed by atoms with E-state index in [4.69, 9.17) is 4.98 Å². The smallest absolute Gasteiger partial charge is 0.168 e. The maximum absolute atomic E-state index is 4.89. The summed E-state index contributed by atoms with van der Waals surface area (Å²) in [5.41, 5.74) is 4.45. The van der Waals surface area contributed by atoms with Gasteiger partial charge < -0.3 is 4.57 Å². The molecule has 0 spiro atoms. The Labute approximate surface area is 159 Å². The van der Waals surface area contributed by atoms with Crippen molar-refractivity contribution in [3.63, 3.8) is 0 Å². The van der Waals surface area contributed by atoms with E-state index in [0.717, 1.165) is 43.6 Å². The van der Waals surface area contributed by atoms with Gasteiger partial charge in [0.05, 0.1) is 16.9 Å². The summed E-state index contributed by atoms with van der Waals surface area (Å²) < 4.78 is 2.06. The Morgan fingerprint density at radius 3 is 2.67 bits per heavy atom. The minimum atomic E-state index is 0.776. The molecule has 5 rings (SSSR count). The minimum absolute atomic E-state index is 0.776. The molecule has 0 aliphatic rings. The van der Waals surface area contributed by atoms with Crippen LogP contribution in [-0.2, 0) is 7.05 Å². The molecule has 27 heavy (non-hydrogen) atoms. The Bertz CT molecular complexity index is 1230. The van der Waals surface area contributed by atoms with Gasteiger partial charge >= 0.3 is 0 Å². The zero-order chi connectivity index (χ0) is 18.2. The molecule has 5 heterocycles. The summed E-state index contributed by atoms with van der Waals surface area (Å²) in [5, 5.41) is 11.5. The first-order chi connectivity index (χ1) is 13.3. The number of rotatable bonds is 3. The number of fused-ring (bicyclic) bond motifs is 1. The molecule has 6 nitrogen and oxygen atoms in total. The van der Waals surface area contributed by atoms with Crippen molar-refractivity contribution in [3.8, 4) is 32.7 Å². The third kappa shape index (κ3) is 2.78. The number of nitrogens with zero attached hydrogens (tertiary/aromatic N) is 6. The van der Waals surface area contributed by atoms with E-state index in [-0.39, 0.29) is 0 Å². The Morgan fingerprint density at radius 2 is 1.85 bits per heavy atom. The van der Waals surface area contributed by atoms with Gasteiger partial charge in [-0.25, -0.2) is 4.98 Å². The van der Waals surface area contributed by atoms with Crippen molar-refractivity contribution in [1.29, 1.82) is 0 Å². The van der Waals surface area contributed by atoms with Crippen molar-refractivity contribution < 1.29 is 0 Å². The molecule has 0 saturated heterocycles. The Morgan fingerprint density at radius 1 is 0.926 bits per heavy atom. The summed E-state index contributed by atoms with van der Waals surface area (Å²) in [6.07, 6.45) is 7.34. The van der Waals surface area contributed by atoms with Crippen molar-refractivity contribution >= 4 is 22.2 Å². The highest BCUT2D eigenvalue weighted by Gasteiger charge is 2.17. The quantitative estimate of drug-likeness (QED) is 0.476. The zero-order valence-corrected chi connectivity index (χ0v) is 15.3. The molecule has 7 heteroatoms. The molecule has 0 atom stereocenters. The lowest BCUT2D eigenvalue weighted by Crippen LogP contribution is -1.95. The van der Waals surface area contributed by atoms with Gasteiger partial charge in [0.1, 0.15) is 10.7 Å². The molecule has 0 aliphatic carbocycles. The summed E-state index contributed by atoms with van der Waals surface area (Å²) in [7, 11) is 2.01. The lowest BCUT2D eigenvalue weighted by atomic mass is 10.1. The van der Waals surface area contributed by atoms with Crippen molar-refractivity contribution in [3.05, 3.63) is 67.3 Å². The van der Waals surface area contributed by atoms with Gasteiger partial charge in [0.15, 0.2) is 5.01 Å². The van der Waals surface area contributed by atoms with Gasteiger partial charge in [-0.1, -0.05) is 17.4 Å². The number of hydrogen-bond acceptors (Lipinski definition) is 6. The van der Waals surface area contributed by atoms with Crippen molar-refractivity contribution in [2.75, 3.05) is 0 Å². The second-order valence-corrected chi connectivity index (χ2v) is 7.07. The highest BCUT2D eigenvalue weighted by Crippen LogP contribution is 2.34. The maximum atomic E-state index is 4.89. The fourth-order valence-electron chi connectivity index (χ4n) is 3.04. The van der Waals surface area contributed by atoms with Gasteiger partial charge in [0.2, 0.25) is 0 Å². The third-order valence-corrected chi connectivity index (χ3v) is 5.30. The first kappa shape index (κ1) is 15.8. The van der Waals surface area contributed by atoms with Crippen molar-refractivity contribution in [1.82, 2.24) is 29.7 Å². The van der Waals surface area contributed by atoms with Crippen LogP contribution >= 0.6 is 11.3 Å². The van der Waals surface area contributed by atoms with Gasteiger partial charge in [-0.05, 0) is 36.4 Å². The van der Waals surface area contributed by atoms with Crippen LogP contribution in [0.4, 0.5) is 0 Å². The van der Waals surface area contributed by atoms with Crippen LogP contribution in [0, 0.1) is 0 Å². The van der Waals surface area contributed by atoms with Gasteiger partial charge in [-0.15, -0.1) is 10.2 Å². The molecule has 0 N–H and O–H groups in total. The third-order valence-electron chi connectivity index (χ3n) is 4.32. The van der Waals surface area contributed by atoms with Crippen LogP contribution in [-0.4, -0.2) is 29.7 Å². The Hall–Kier alpha value is -3.45. The first-order valence-corrected chi connectivity index (χ1v) is 9.23. The fraction of sp³-hybridized carbons (Fsp3) is 0.0500. The lowest BCUT2D eigenvalue weighted by molar-refractivity contribution is 0.965. The average Bonchev–Trinajstić information content (AvgIpc) is 3.36. The van der Waals surface area contributed by atoms with E-state index in [1.54, 1.807) is 18.6 Å². The number of aryl methyl sites for hydroxylation is 1. The Balaban J connectivity index is 1.70. The molecule has 0 aromatic carbocycles. The van der Waals surface area contributed by atoms with E-state index >= 15 is 0 Å². The molecule has 5 aromatic rings. The van der Waals surface area contributed by atoms with Gasteiger partial charge in [0, 0.05) is 42.8 Å². The maximum Gasteiger partial charge on any atom is 0.168 e. The molecule has 130 valence electrons. The van der Waals surface area contributed by atoms with Crippen LogP contribution in [0.15, 0.2) is 67.3 Å². The highest BCUT2D eigenvalue weighted by molar-refractivity contribution is 7.18. The number of aromatic nitrogens is 6. The molecule has 0 unspecified atom stereocenters. The first-order valence-electron chi connectivity index (χ1n) is 8.41. The predicted molar refractivity (Wildman–Crippen MR) is 106 cm³/mol.